The summed E-state index contributed by atoms with van der Waals surface area (Å²) in [5.41, 5.74) is 3.03. The molecule has 0 radical (unpaired) electrons. The summed E-state index contributed by atoms with van der Waals surface area (Å²) in [5, 5.41) is 12.9. The van der Waals surface area contributed by atoms with E-state index in [1.165, 1.54) is 17.5 Å². The van der Waals surface area contributed by atoms with Crippen LogP contribution in [0.3, 0.4) is 0 Å². The lowest BCUT2D eigenvalue weighted by atomic mass is 10.1. The Morgan fingerprint density at radius 3 is 2.66 bits per heavy atom. The molecule has 1 aliphatic rings. The minimum absolute atomic E-state index is 0.207. The Morgan fingerprint density at radius 1 is 1.11 bits per heavy atom. The standard InChI is InChI=1S/C25H28FN7OS/c1-3-32-8-10-33(11-9-32)18-4-5-22(28-14-18)30-25-29-15-19(26)23(31-25)21-13-20-24(35-21)17(6-7-27-20)12-16(2)34/h4-7,13-16,34H,3,8-12H2,1-2H3,(H,28,29,30,31). The van der Waals surface area contributed by atoms with E-state index in [9.17, 15) is 9.50 Å². The number of halogens is 1. The van der Waals surface area contributed by atoms with Crippen molar-refractivity contribution in [2.45, 2.75) is 26.4 Å². The first-order valence-electron chi connectivity index (χ1n) is 11.8. The van der Waals surface area contributed by atoms with Gasteiger partial charge in [-0.25, -0.2) is 19.3 Å². The van der Waals surface area contributed by atoms with Gasteiger partial charge < -0.3 is 20.2 Å². The topological polar surface area (TPSA) is 90.3 Å². The molecule has 0 saturated carbocycles. The first kappa shape index (κ1) is 23.5. The third-order valence-electron chi connectivity index (χ3n) is 6.16. The fourth-order valence-electron chi connectivity index (χ4n) is 4.27. The van der Waals surface area contributed by atoms with Crippen molar-refractivity contribution in [2.75, 3.05) is 42.9 Å². The second kappa shape index (κ2) is 10.2. The van der Waals surface area contributed by atoms with E-state index in [1.807, 2.05) is 30.5 Å². The number of aromatic nitrogens is 4. The molecule has 1 fully saturated rings. The van der Waals surface area contributed by atoms with Crippen LogP contribution in [0, 0.1) is 5.82 Å². The molecule has 4 aromatic rings. The Balaban J connectivity index is 1.35. The lowest BCUT2D eigenvalue weighted by Crippen LogP contribution is -2.46. The third kappa shape index (κ3) is 5.24. The maximum Gasteiger partial charge on any atom is 0.229 e. The average molecular weight is 494 g/mol. The quantitative estimate of drug-likeness (QED) is 0.398. The van der Waals surface area contributed by atoms with Gasteiger partial charge in [0.1, 0.15) is 11.5 Å². The smallest absolute Gasteiger partial charge is 0.229 e. The highest BCUT2D eigenvalue weighted by Crippen LogP contribution is 2.35. The van der Waals surface area contributed by atoms with Crippen LogP contribution in [0.5, 0.6) is 0 Å². The number of hydrogen-bond donors (Lipinski definition) is 2. The highest BCUT2D eigenvalue weighted by atomic mass is 32.1. The SMILES string of the molecule is CCN1CCN(c2ccc(Nc3ncc(F)c(-c4cc5nccc(CC(C)O)c5s4)n3)nc2)CC1. The van der Waals surface area contributed by atoms with Crippen molar-refractivity contribution in [1.29, 1.82) is 0 Å². The second-order valence-corrected chi connectivity index (χ2v) is 9.74. The number of nitrogens with zero attached hydrogens (tertiary/aromatic N) is 6. The molecule has 0 amide bonds. The number of piperazine rings is 1. The Hall–Kier alpha value is -3.21. The number of nitrogens with one attached hydrogen (secondary N) is 1. The molecule has 1 unspecified atom stereocenters. The minimum Gasteiger partial charge on any atom is -0.393 e. The number of hydrogen-bond acceptors (Lipinski definition) is 9. The summed E-state index contributed by atoms with van der Waals surface area (Å²) in [6.45, 7) is 9.08. The highest BCUT2D eigenvalue weighted by Gasteiger charge is 2.18. The van der Waals surface area contributed by atoms with Crippen LogP contribution in [0.15, 0.2) is 42.9 Å². The van der Waals surface area contributed by atoms with E-state index in [2.05, 4.69) is 42.0 Å². The first-order valence-corrected chi connectivity index (χ1v) is 12.6. The summed E-state index contributed by atoms with van der Waals surface area (Å²) >= 11 is 1.41. The minimum atomic E-state index is -0.506. The molecule has 1 saturated heterocycles. The van der Waals surface area contributed by atoms with Crippen molar-refractivity contribution in [2.24, 2.45) is 0 Å². The highest BCUT2D eigenvalue weighted by molar-refractivity contribution is 7.22. The Kier molecular flexibility index (Phi) is 6.85. The molecule has 35 heavy (non-hydrogen) atoms. The number of aliphatic hydroxyl groups is 1. The lowest BCUT2D eigenvalue weighted by molar-refractivity contribution is 0.196. The first-order chi connectivity index (χ1) is 17.0. The lowest BCUT2D eigenvalue weighted by Gasteiger charge is -2.35. The zero-order valence-electron chi connectivity index (χ0n) is 19.8. The van der Waals surface area contributed by atoms with Crippen molar-refractivity contribution >= 4 is 39.0 Å². The molecular formula is C25H28FN7OS. The molecule has 0 aliphatic carbocycles. The number of rotatable bonds is 7. The van der Waals surface area contributed by atoms with Crippen molar-refractivity contribution < 1.29 is 9.50 Å². The predicted octanol–water partition coefficient (Wildman–Crippen LogP) is 4.10. The van der Waals surface area contributed by atoms with E-state index < -0.39 is 11.9 Å². The number of likely N-dealkylation sites (N-methyl/N-ethyl adjacent to an activating group) is 1. The van der Waals surface area contributed by atoms with Gasteiger partial charge in [-0.3, -0.25) is 4.98 Å². The fourth-order valence-corrected chi connectivity index (χ4v) is 5.40. The van der Waals surface area contributed by atoms with Gasteiger partial charge in [0.25, 0.3) is 0 Å². The molecule has 0 spiro atoms. The number of anilines is 3. The summed E-state index contributed by atoms with van der Waals surface area (Å²) in [6.07, 6.45) is 4.75. The van der Waals surface area contributed by atoms with Gasteiger partial charge in [0.15, 0.2) is 5.82 Å². The van der Waals surface area contributed by atoms with Crippen LogP contribution in [0.1, 0.15) is 19.4 Å². The van der Waals surface area contributed by atoms with Crippen LogP contribution < -0.4 is 10.2 Å². The van der Waals surface area contributed by atoms with Crippen molar-refractivity contribution in [3.63, 3.8) is 0 Å². The summed E-state index contributed by atoms with van der Waals surface area (Å²) in [4.78, 5) is 22.9. The maximum atomic E-state index is 14.7. The van der Waals surface area contributed by atoms with Gasteiger partial charge in [0, 0.05) is 32.4 Å². The Morgan fingerprint density at radius 2 is 1.94 bits per heavy atom. The van der Waals surface area contributed by atoms with Crippen LogP contribution in [-0.4, -0.2) is 68.8 Å². The zero-order chi connectivity index (χ0) is 24.4. The van der Waals surface area contributed by atoms with Crippen LogP contribution in [0.2, 0.25) is 0 Å². The third-order valence-corrected chi connectivity index (χ3v) is 7.37. The normalized spacial score (nSPS) is 15.5. The molecule has 1 aliphatic heterocycles. The van der Waals surface area contributed by atoms with Crippen LogP contribution in [-0.2, 0) is 6.42 Å². The van der Waals surface area contributed by atoms with Gasteiger partial charge in [-0.05, 0) is 49.7 Å². The molecule has 5 rings (SSSR count). The molecule has 1 atom stereocenters. The monoisotopic (exact) mass is 493 g/mol. The fraction of sp³-hybridized carbons (Fsp3) is 0.360. The van der Waals surface area contributed by atoms with Gasteiger partial charge in [0.2, 0.25) is 5.95 Å². The summed E-state index contributed by atoms with van der Waals surface area (Å²) in [5.74, 6) is 0.359. The van der Waals surface area contributed by atoms with Gasteiger partial charge in [-0.1, -0.05) is 6.92 Å². The molecule has 0 bridgehead atoms. The van der Waals surface area contributed by atoms with Crippen LogP contribution in [0.4, 0.5) is 21.8 Å². The molecule has 2 N–H and O–H groups in total. The van der Waals surface area contributed by atoms with E-state index in [-0.39, 0.29) is 11.6 Å². The van der Waals surface area contributed by atoms with Crippen molar-refractivity contribution in [3.05, 3.63) is 54.2 Å². The molecule has 0 aromatic carbocycles. The van der Waals surface area contributed by atoms with E-state index in [1.54, 1.807) is 13.1 Å². The van der Waals surface area contributed by atoms with Gasteiger partial charge >= 0.3 is 0 Å². The molecule has 8 nitrogen and oxygen atoms in total. The molecule has 182 valence electrons. The summed E-state index contributed by atoms with van der Waals surface area (Å²) < 4.78 is 15.6. The van der Waals surface area contributed by atoms with Crippen LogP contribution >= 0.6 is 11.3 Å². The van der Waals surface area contributed by atoms with E-state index >= 15 is 0 Å². The Bertz CT molecular complexity index is 1300. The maximum absolute atomic E-state index is 14.7. The zero-order valence-corrected chi connectivity index (χ0v) is 20.6. The molecule has 4 aromatic heterocycles. The van der Waals surface area contributed by atoms with E-state index in [0.717, 1.165) is 54.2 Å². The number of aliphatic hydroxyl groups excluding tert-OH is 1. The van der Waals surface area contributed by atoms with E-state index in [0.29, 0.717) is 17.1 Å². The summed E-state index contributed by atoms with van der Waals surface area (Å²) in [7, 11) is 0. The average Bonchev–Trinajstić information content (AvgIpc) is 3.31. The largest absolute Gasteiger partial charge is 0.393 e. The van der Waals surface area contributed by atoms with Crippen LogP contribution in [0.25, 0.3) is 20.8 Å². The molecule has 10 heteroatoms. The van der Waals surface area contributed by atoms with E-state index in [4.69, 9.17) is 0 Å². The number of pyridine rings is 2. The number of thiophene rings is 1. The number of fused-ring (bicyclic) bond motifs is 1. The van der Waals surface area contributed by atoms with Gasteiger partial charge in [0.05, 0.1) is 39.3 Å². The molecular weight excluding hydrogens is 465 g/mol. The van der Waals surface area contributed by atoms with Gasteiger partial charge in [-0.2, -0.15) is 0 Å². The second-order valence-electron chi connectivity index (χ2n) is 8.69. The van der Waals surface area contributed by atoms with Crippen molar-refractivity contribution in [1.82, 2.24) is 24.8 Å². The van der Waals surface area contributed by atoms with Gasteiger partial charge in [-0.15, -0.1) is 11.3 Å². The summed E-state index contributed by atoms with van der Waals surface area (Å²) in [6, 6.07) is 7.63. The molecule has 5 heterocycles. The Labute approximate surface area is 207 Å². The van der Waals surface area contributed by atoms with Crippen molar-refractivity contribution in [3.8, 4) is 10.6 Å². The predicted molar refractivity (Wildman–Crippen MR) is 138 cm³/mol.